The SMILES string of the molecule is ON=C1CCN(Cc2cccnc2)c2ccc(Cl)cc21. The van der Waals surface area contributed by atoms with Crippen LogP contribution in [0.5, 0.6) is 0 Å². The Hall–Kier alpha value is -2.07. The molecule has 0 bridgehead atoms. The monoisotopic (exact) mass is 287 g/mol. The second-order valence-electron chi connectivity index (χ2n) is 4.74. The topological polar surface area (TPSA) is 48.7 Å². The van der Waals surface area contributed by atoms with Crippen molar-refractivity contribution in [3.63, 3.8) is 0 Å². The van der Waals surface area contributed by atoms with Crippen LogP contribution in [0.4, 0.5) is 5.69 Å². The van der Waals surface area contributed by atoms with E-state index >= 15 is 0 Å². The van der Waals surface area contributed by atoms with Crippen LogP contribution in [0.25, 0.3) is 0 Å². The van der Waals surface area contributed by atoms with Crippen LogP contribution in [-0.4, -0.2) is 22.4 Å². The number of hydrogen-bond acceptors (Lipinski definition) is 4. The maximum atomic E-state index is 9.12. The molecular formula is C15H14ClN3O. The third-order valence-corrected chi connectivity index (χ3v) is 3.68. The minimum Gasteiger partial charge on any atom is -0.411 e. The first-order valence-electron chi connectivity index (χ1n) is 6.42. The average molecular weight is 288 g/mol. The Bertz CT molecular complexity index is 643. The summed E-state index contributed by atoms with van der Waals surface area (Å²) in [4.78, 5) is 6.39. The second-order valence-corrected chi connectivity index (χ2v) is 5.18. The van der Waals surface area contributed by atoms with Crippen molar-refractivity contribution < 1.29 is 5.21 Å². The van der Waals surface area contributed by atoms with E-state index in [2.05, 4.69) is 21.1 Å². The van der Waals surface area contributed by atoms with Crippen molar-refractivity contribution >= 4 is 23.0 Å². The van der Waals surface area contributed by atoms with Crippen LogP contribution in [0.1, 0.15) is 17.5 Å². The quantitative estimate of drug-likeness (QED) is 0.681. The van der Waals surface area contributed by atoms with Gasteiger partial charge < -0.3 is 10.1 Å². The first kappa shape index (κ1) is 12.9. The van der Waals surface area contributed by atoms with E-state index in [1.165, 1.54) is 0 Å². The highest BCUT2D eigenvalue weighted by Crippen LogP contribution is 2.31. The molecule has 0 aliphatic carbocycles. The van der Waals surface area contributed by atoms with E-state index in [0.717, 1.165) is 29.9 Å². The lowest BCUT2D eigenvalue weighted by atomic mass is 9.99. The number of anilines is 1. The van der Waals surface area contributed by atoms with Gasteiger partial charge in [0, 0.05) is 48.2 Å². The van der Waals surface area contributed by atoms with Gasteiger partial charge in [-0.1, -0.05) is 22.8 Å². The number of hydrogen-bond donors (Lipinski definition) is 1. The smallest absolute Gasteiger partial charge is 0.0906 e. The van der Waals surface area contributed by atoms with Crippen LogP contribution >= 0.6 is 11.6 Å². The molecule has 1 N–H and O–H groups in total. The van der Waals surface area contributed by atoms with Gasteiger partial charge in [-0.25, -0.2) is 0 Å². The lowest BCUT2D eigenvalue weighted by Crippen LogP contribution is -2.32. The van der Waals surface area contributed by atoms with Crippen molar-refractivity contribution in [2.45, 2.75) is 13.0 Å². The molecule has 1 aliphatic rings. The standard InChI is InChI=1S/C15H14ClN3O/c16-12-3-4-15-13(8-12)14(18-20)5-7-19(15)10-11-2-1-6-17-9-11/h1-4,6,8-9,20H,5,7,10H2. The fourth-order valence-corrected chi connectivity index (χ4v) is 2.66. The van der Waals surface area contributed by atoms with E-state index < -0.39 is 0 Å². The number of benzene rings is 1. The molecule has 20 heavy (non-hydrogen) atoms. The Morgan fingerprint density at radius 1 is 1.35 bits per heavy atom. The summed E-state index contributed by atoms with van der Waals surface area (Å²) in [6.07, 6.45) is 4.33. The second kappa shape index (κ2) is 5.51. The van der Waals surface area contributed by atoms with Crippen molar-refractivity contribution in [1.82, 2.24) is 4.98 Å². The maximum Gasteiger partial charge on any atom is 0.0906 e. The number of halogens is 1. The van der Waals surface area contributed by atoms with Crippen molar-refractivity contribution in [3.8, 4) is 0 Å². The molecule has 1 aromatic heterocycles. The van der Waals surface area contributed by atoms with E-state index in [1.807, 2.05) is 30.5 Å². The van der Waals surface area contributed by atoms with Crippen molar-refractivity contribution in [3.05, 3.63) is 58.9 Å². The van der Waals surface area contributed by atoms with Crippen LogP contribution in [0.3, 0.4) is 0 Å². The highest BCUT2D eigenvalue weighted by molar-refractivity contribution is 6.31. The van der Waals surface area contributed by atoms with E-state index in [9.17, 15) is 0 Å². The number of fused-ring (bicyclic) bond motifs is 1. The van der Waals surface area contributed by atoms with Crippen LogP contribution < -0.4 is 4.90 Å². The minimum atomic E-state index is 0.646. The molecule has 102 valence electrons. The molecular weight excluding hydrogens is 274 g/mol. The molecule has 0 spiro atoms. The normalized spacial score (nSPS) is 16.2. The molecule has 0 fully saturated rings. The third kappa shape index (κ3) is 2.47. The molecule has 3 rings (SSSR count). The molecule has 0 saturated carbocycles. The molecule has 0 radical (unpaired) electrons. The number of rotatable bonds is 2. The Labute approximate surface area is 122 Å². The van der Waals surface area contributed by atoms with Gasteiger partial charge in [-0.3, -0.25) is 4.98 Å². The van der Waals surface area contributed by atoms with E-state index in [4.69, 9.17) is 16.8 Å². The summed E-state index contributed by atoms with van der Waals surface area (Å²) in [6.45, 7) is 1.59. The van der Waals surface area contributed by atoms with E-state index in [0.29, 0.717) is 17.2 Å². The van der Waals surface area contributed by atoms with Gasteiger partial charge in [-0.15, -0.1) is 0 Å². The predicted molar refractivity (Wildman–Crippen MR) is 79.7 cm³/mol. The van der Waals surface area contributed by atoms with Crippen molar-refractivity contribution in [1.29, 1.82) is 0 Å². The van der Waals surface area contributed by atoms with Gasteiger partial charge in [-0.2, -0.15) is 0 Å². The Balaban J connectivity index is 1.96. The largest absolute Gasteiger partial charge is 0.411 e. The summed E-state index contributed by atoms with van der Waals surface area (Å²) in [7, 11) is 0. The Kier molecular flexibility index (Phi) is 3.56. The van der Waals surface area contributed by atoms with E-state index in [-0.39, 0.29) is 0 Å². The van der Waals surface area contributed by atoms with Gasteiger partial charge in [0.1, 0.15) is 0 Å². The van der Waals surface area contributed by atoms with E-state index in [1.54, 1.807) is 6.20 Å². The molecule has 1 aromatic carbocycles. The van der Waals surface area contributed by atoms with Crippen LogP contribution in [0.15, 0.2) is 47.9 Å². The van der Waals surface area contributed by atoms with Gasteiger partial charge in [0.15, 0.2) is 0 Å². The minimum absolute atomic E-state index is 0.646. The first-order valence-corrected chi connectivity index (χ1v) is 6.80. The summed E-state index contributed by atoms with van der Waals surface area (Å²) in [5.74, 6) is 0. The lowest BCUT2D eigenvalue weighted by molar-refractivity contribution is 0.317. The number of nitrogens with zero attached hydrogens (tertiary/aromatic N) is 3. The molecule has 1 aliphatic heterocycles. The summed E-state index contributed by atoms with van der Waals surface area (Å²) in [5, 5.41) is 13.2. The zero-order valence-corrected chi connectivity index (χ0v) is 11.6. The predicted octanol–water partition coefficient (Wildman–Crippen LogP) is 3.32. The van der Waals surface area contributed by atoms with Crippen molar-refractivity contribution in [2.75, 3.05) is 11.4 Å². The summed E-state index contributed by atoms with van der Waals surface area (Å²) in [5.41, 5.74) is 3.77. The molecule has 5 heteroatoms. The molecule has 0 amide bonds. The fourth-order valence-electron chi connectivity index (χ4n) is 2.49. The van der Waals surface area contributed by atoms with Crippen LogP contribution in [-0.2, 0) is 6.54 Å². The molecule has 0 unspecified atom stereocenters. The molecule has 0 atom stereocenters. The maximum absolute atomic E-state index is 9.12. The van der Waals surface area contributed by atoms with Gasteiger partial charge >= 0.3 is 0 Å². The lowest BCUT2D eigenvalue weighted by Gasteiger charge is -2.31. The number of pyridine rings is 1. The Morgan fingerprint density at radius 2 is 2.25 bits per heavy atom. The van der Waals surface area contributed by atoms with Crippen molar-refractivity contribution in [2.24, 2.45) is 5.16 Å². The summed E-state index contributed by atoms with van der Waals surface area (Å²) >= 11 is 6.04. The summed E-state index contributed by atoms with van der Waals surface area (Å²) < 4.78 is 0. The summed E-state index contributed by atoms with van der Waals surface area (Å²) in [6, 6.07) is 9.66. The van der Waals surface area contributed by atoms with Crippen LogP contribution in [0.2, 0.25) is 5.02 Å². The van der Waals surface area contributed by atoms with Gasteiger partial charge in [0.2, 0.25) is 0 Å². The molecule has 2 heterocycles. The Morgan fingerprint density at radius 3 is 3.00 bits per heavy atom. The molecule has 4 nitrogen and oxygen atoms in total. The highest BCUT2D eigenvalue weighted by atomic mass is 35.5. The number of oxime groups is 1. The zero-order chi connectivity index (χ0) is 13.9. The average Bonchev–Trinajstić information content (AvgIpc) is 2.48. The van der Waals surface area contributed by atoms with Gasteiger partial charge in [-0.05, 0) is 29.8 Å². The molecule has 2 aromatic rings. The highest BCUT2D eigenvalue weighted by Gasteiger charge is 2.22. The first-order chi connectivity index (χ1) is 9.78. The fraction of sp³-hybridized carbons (Fsp3) is 0.200. The third-order valence-electron chi connectivity index (χ3n) is 3.45. The number of aromatic nitrogens is 1. The zero-order valence-electron chi connectivity index (χ0n) is 10.8. The van der Waals surface area contributed by atoms with Gasteiger partial charge in [0.05, 0.1) is 5.71 Å². The van der Waals surface area contributed by atoms with Gasteiger partial charge in [0.25, 0.3) is 0 Å². The van der Waals surface area contributed by atoms with Crippen LogP contribution in [0, 0.1) is 0 Å². The molecule has 0 saturated heterocycles.